The van der Waals surface area contributed by atoms with Crippen LogP contribution in [0, 0.1) is 0 Å². The molecule has 0 saturated heterocycles. The Morgan fingerprint density at radius 1 is 1.65 bits per heavy atom. The first-order valence-electron chi connectivity index (χ1n) is 4.81. The van der Waals surface area contributed by atoms with Crippen LogP contribution in [0.1, 0.15) is 0 Å². The van der Waals surface area contributed by atoms with Gasteiger partial charge in [-0.15, -0.1) is 23.1 Å². The van der Waals surface area contributed by atoms with Crippen molar-refractivity contribution in [2.75, 3.05) is 19.5 Å². The molecule has 1 heterocycles. The molecule has 0 saturated carbocycles. The van der Waals surface area contributed by atoms with Gasteiger partial charge < -0.3 is 15.2 Å². The van der Waals surface area contributed by atoms with Gasteiger partial charge in [0.15, 0.2) is 6.04 Å². The number of amides is 1. The number of aliphatic hydroxyl groups is 1. The fourth-order valence-electron chi connectivity index (χ4n) is 1.04. The lowest BCUT2D eigenvalue weighted by molar-refractivity contribution is -0.145. The maximum Gasteiger partial charge on any atom is 0.330 e. The molecule has 1 unspecified atom stereocenters. The molecule has 7 heteroatoms. The van der Waals surface area contributed by atoms with Crippen LogP contribution in [0.2, 0.25) is 0 Å². The molecular formula is C10H13NO4S2. The van der Waals surface area contributed by atoms with E-state index in [-0.39, 0.29) is 11.7 Å². The van der Waals surface area contributed by atoms with Gasteiger partial charge >= 0.3 is 5.97 Å². The lowest BCUT2D eigenvalue weighted by Crippen LogP contribution is -2.44. The van der Waals surface area contributed by atoms with Gasteiger partial charge in [0, 0.05) is 0 Å². The van der Waals surface area contributed by atoms with Gasteiger partial charge in [-0.25, -0.2) is 4.79 Å². The highest BCUT2D eigenvalue weighted by Crippen LogP contribution is 2.22. The number of thiophene rings is 1. The van der Waals surface area contributed by atoms with Crippen LogP contribution in [0.15, 0.2) is 21.7 Å². The van der Waals surface area contributed by atoms with Crippen LogP contribution < -0.4 is 5.32 Å². The van der Waals surface area contributed by atoms with E-state index in [1.807, 2.05) is 17.5 Å². The van der Waals surface area contributed by atoms with Crippen LogP contribution in [0.5, 0.6) is 0 Å². The average molecular weight is 275 g/mol. The summed E-state index contributed by atoms with van der Waals surface area (Å²) in [6, 6.07) is 2.82. The second-order valence-electron chi connectivity index (χ2n) is 3.05. The molecular weight excluding hydrogens is 262 g/mol. The van der Waals surface area contributed by atoms with Gasteiger partial charge in [0.1, 0.15) is 0 Å². The van der Waals surface area contributed by atoms with Gasteiger partial charge in [-0.1, -0.05) is 6.07 Å². The summed E-state index contributed by atoms with van der Waals surface area (Å²) >= 11 is 2.92. The van der Waals surface area contributed by atoms with Gasteiger partial charge in [0.25, 0.3) is 0 Å². The quantitative estimate of drug-likeness (QED) is 0.584. The monoisotopic (exact) mass is 275 g/mol. The van der Waals surface area contributed by atoms with E-state index in [1.165, 1.54) is 18.9 Å². The van der Waals surface area contributed by atoms with Gasteiger partial charge in [0.05, 0.1) is 23.7 Å². The first kappa shape index (κ1) is 14.0. The smallest absolute Gasteiger partial charge is 0.330 e. The molecule has 0 fully saturated rings. The van der Waals surface area contributed by atoms with Crippen molar-refractivity contribution in [3.8, 4) is 0 Å². The summed E-state index contributed by atoms with van der Waals surface area (Å²) in [7, 11) is 1.21. The van der Waals surface area contributed by atoms with Gasteiger partial charge in [-0.2, -0.15) is 0 Å². The lowest BCUT2D eigenvalue weighted by atomic mass is 10.3. The molecule has 2 N–H and O–H groups in total. The van der Waals surface area contributed by atoms with E-state index in [2.05, 4.69) is 10.1 Å². The number of methoxy groups -OCH3 is 1. The van der Waals surface area contributed by atoms with E-state index in [0.717, 1.165) is 4.21 Å². The summed E-state index contributed by atoms with van der Waals surface area (Å²) < 4.78 is 5.46. The Bertz CT molecular complexity index is 366. The second-order valence-corrected chi connectivity index (χ2v) is 5.27. The molecule has 5 nitrogen and oxygen atoms in total. The van der Waals surface area contributed by atoms with Gasteiger partial charge in [-0.3, -0.25) is 4.79 Å². The molecule has 0 aliphatic heterocycles. The van der Waals surface area contributed by atoms with Crippen LogP contribution >= 0.6 is 23.1 Å². The standard InChI is InChI=1S/C10H13NO4S2/c1-15-10(14)7(5-12)11-8(13)6-17-9-3-2-4-16-9/h2-4,7,12H,5-6H2,1H3,(H,11,13). The molecule has 94 valence electrons. The number of nitrogens with one attached hydrogen (secondary N) is 1. The van der Waals surface area contributed by atoms with Crippen LogP contribution in [0.3, 0.4) is 0 Å². The number of hydrogen-bond donors (Lipinski definition) is 2. The maximum atomic E-state index is 11.5. The van der Waals surface area contributed by atoms with E-state index in [0.29, 0.717) is 0 Å². The van der Waals surface area contributed by atoms with E-state index in [9.17, 15) is 9.59 Å². The third kappa shape index (κ3) is 4.76. The molecule has 1 atom stereocenters. The number of esters is 1. The molecule has 0 aliphatic rings. The normalized spacial score (nSPS) is 11.9. The van der Waals surface area contributed by atoms with Crippen molar-refractivity contribution < 1.29 is 19.4 Å². The summed E-state index contributed by atoms with van der Waals surface area (Å²) in [5.41, 5.74) is 0. The van der Waals surface area contributed by atoms with E-state index in [1.54, 1.807) is 11.3 Å². The number of thioether (sulfide) groups is 1. The number of hydrogen-bond acceptors (Lipinski definition) is 6. The molecule has 0 bridgehead atoms. The van der Waals surface area contributed by atoms with Crippen LogP contribution in [0.4, 0.5) is 0 Å². The minimum Gasteiger partial charge on any atom is -0.467 e. The van der Waals surface area contributed by atoms with Gasteiger partial charge in [0.2, 0.25) is 5.91 Å². The Labute approximate surface area is 107 Å². The minimum absolute atomic E-state index is 0.202. The summed E-state index contributed by atoms with van der Waals surface area (Å²) in [5, 5.41) is 13.2. The first-order chi connectivity index (χ1) is 8.17. The molecule has 0 aliphatic carbocycles. The fraction of sp³-hybridized carbons (Fsp3) is 0.400. The Morgan fingerprint density at radius 2 is 2.41 bits per heavy atom. The molecule has 0 spiro atoms. The molecule has 1 rings (SSSR count). The molecule has 0 radical (unpaired) electrons. The predicted molar refractivity (Wildman–Crippen MR) is 66.1 cm³/mol. The average Bonchev–Trinajstić information content (AvgIpc) is 2.85. The zero-order valence-corrected chi connectivity index (χ0v) is 10.8. The van der Waals surface area contributed by atoms with Crippen molar-refractivity contribution in [2.45, 2.75) is 10.3 Å². The van der Waals surface area contributed by atoms with Crippen molar-refractivity contribution in [3.05, 3.63) is 17.5 Å². The van der Waals surface area contributed by atoms with Crippen LogP contribution in [-0.2, 0) is 14.3 Å². The minimum atomic E-state index is -0.989. The fourth-order valence-corrected chi connectivity index (χ4v) is 2.64. The van der Waals surface area contributed by atoms with Crippen molar-refractivity contribution in [1.29, 1.82) is 0 Å². The van der Waals surface area contributed by atoms with E-state index < -0.39 is 18.6 Å². The summed E-state index contributed by atoms with van der Waals surface area (Å²) in [6.07, 6.45) is 0. The van der Waals surface area contributed by atoms with E-state index in [4.69, 9.17) is 5.11 Å². The summed E-state index contributed by atoms with van der Waals surface area (Å²) in [6.45, 7) is -0.470. The Hall–Kier alpha value is -1.05. The first-order valence-corrected chi connectivity index (χ1v) is 6.68. The maximum absolute atomic E-state index is 11.5. The predicted octanol–water partition coefficient (Wildman–Crippen LogP) is 0.490. The van der Waals surface area contributed by atoms with Crippen LogP contribution in [0.25, 0.3) is 0 Å². The topological polar surface area (TPSA) is 75.6 Å². The SMILES string of the molecule is COC(=O)C(CO)NC(=O)CSc1cccs1. The van der Waals surface area contributed by atoms with Crippen molar-refractivity contribution in [1.82, 2.24) is 5.32 Å². The number of carbonyl (C=O) groups is 2. The van der Waals surface area contributed by atoms with Crippen molar-refractivity contribution in [3.63, 3.8) is 0 Å². The molecule has 0 aromatic carbocycles. The molecule has 1 aromatic heterocycles. The van der Waals surface area contributed by atoms with Crippen LogP contribution in [-0.4, -0.2) is 42.5 Å². The molecule has 1 amide bonds. The largest absolute Gasteiger partial charge is 0.467 e. The van der Waals surface area contributed by atoms with Crippen molar-refractivity contribution >= 4 is 35.0 Å². The third-order valence-electron chi connectivity index (χ3n) is 1.84. The lowest BCUT2D eigenvalue weighted by Gasteiger charge is -2.13. The van der Waals surface area contributed by atoms with E-state index >= 15 is 0 Å². The molecule has 1 aromatic rings. The highest BCUT2D eigenvalue weighted by Gasteiger charge is 2.20. The Kier molecular flexibility index (Phi) is 6.03. The third-order valence-corrected chi connectivity index (χ3v) is 3.98. The zero-order chi connectivity index (χ0) is 12.7. The second kappa shape index (κ2) is 7.31. The number of rotatable bonds is 6. The van der Waals surface area contributed by atoms with Gasteiger partial charge in [-0.05, 0) is 11.4 Å². The Balaban J connectivity index is 2.35. The zero-order valence-electron chi connectivity index (χ0n) is 9.21. The summed E-state index contributed by atoms with van der Waals surface area (Å²) in [4.78, 5) is 22.6. The highest BCUT2D eigenvalue weighted by molar-refractivity contribution is 8.01. The number of carbonyl (C=O) groups excluding carboxylic acids is 2. The highest BCUT2D eigenvalue weighted by atomic mass is 32.2. The molecule has 17 heavy (non-hydrogen) atoms. The Morgan fingerprint density at radius 3 is 2.94 bits per heavy atom. The number of aliphatic hydroxyl groups excluding tert-OH is 1. The van der Waals surface area contributed by atoms with Crippen molar-refractivity contribution in [2.24, 2.45) is 0 Å². The number of ether oxygens (including phenoxy) is 1. The summed E-state index contributed by atoms with van der Waals surface area (Å²) in [5.74, 6) is -0.761.